The molecule has 0 N–H and O–H groups in total. The van der Waals surface area contributed by atoms with Crippen LogP contribution in [-0.2, 0) is 4.79 Å². The van der Waals surface area contributed by atoms with Crippen molar-refractivity contribution in [3.63, 3.8) is 0 Å². The summed E-state index contributed by atoms with van der Waals surface area (Å²) in [6.45, 7) is 2.13. The third-order valence-corrected chi connectivity index (χ3v) is 7.30. The molecule has 152 valence electrons. The SMILES string of the molecule is C/C=C\[C@H]1CC[C@H](c2ccc(-c3ccc(C4CCC(C=O)CC4)cc3)cc2)CC1. The molecule has 0 unspecified atom stereocenters. The van der Waals surface area contributed by atoms with Gasteiger partial charge < -0.3 is 4.79 Å². The minimum absolute atomic E-state index is 0.294. The number of rotatable bonds is 5. The molecule has 2 fully saturated rings. The molecule has 2 aromatic rings. The molecule has 2 aromatic carbocycles. The first-order valence-electron chi connectivity index (χ1n) is 11.5. The van der Waals surface area contributed by atoms with Gasteiger partial charge in [-0.25, -0.2) is 0 Å². The van der Waals surface area contributed by atoms with Crippen LogP contribution < -0.4 is 0 Å². The van der Waals surface area contributed by atoms with E-state index in [0.717, 1.165) is 43.8 Å². The van der Waals surface area contributed by atoms with Gasteiger partial charge in [-0.2, -0.15) is 0 Å². The molecule has 29 heavy (non-hydrogen) atoms. The van der Waals surface area contributed by atoms with Gasteiger partial charge in [0, 0.05) is 5.92 Å². The highest BCUT2D eigenvalue weighted by Gasteiger charge is 2.22. The molecule has 4 rings (SSSR count). The smallest absolute Gasteiger partial charge is 0.123 e. The van der Waals surface area contributed by atoms with E-state index in [2.05, 4.69) is 67.6 Å². The molecule has 1 heteroatoms. The zero-order chi connectivity index (χ0) is 20.1. The zero-order valence-corrected chi connectivity index (χ0v) is 17.7. The average Bonchev–Trinajstić information content (AvgIpc) is 2.80. The number of benzene rings is 2. The fourth-order valence-corrected chi connectivity index (χ4v) is 5.40. The van der Waals surface area contributed by atoms with Crippen LogP contribution in [0.4, 0.5) is 0 Å². The Morgan fingerprint density at radius 2 is 1.03 bits per heavy atom. The Hall–Kier alpha value is -2.15. The van der Waals surface area contributed by atoms with E-state index in [1.165, 1.54) is 47.9 Å². The second kappa shape index (κ2) is 9.57. The van der Waals surface area contributed by atoms with Crippen molar-refractivity contribution >= 4 is 6.29 Å². The molecule has 1 nitrogen and oxygen atoms in total. The minimum Gasteiger partial charge on any atom is -0.303 e. The van der Waals surface area contributed by atoms with Gasteiger partial charge in [0.1, 0.15) is 6.29 Å². The summed E-state index contributed by atoms with van der Waals surface area (Å²) in [6, 6.07) is 18.5. The summed E-state index contributed by atoms with van der Waals surface area (Å²) in [7, 11) is 0. The summed E-state index contributed by atoms with van der Waals surface area (Å²) in [6.07, 6.45) is 15.4. The van der Waals surface area contributed by atoms with Crippen LogP contribution in [0, 0.1) is 11.8 Å². The van der Waals surface area contributed by atoms with Crippen LogP contribution in [0.3, 0.4) is 0 Å². The summed E-state index contributed by atoms with van der Waals surface area (Å²) >= 11 is 0. The van der Waals surface area contributed by atoms with Gasteiger partial charge in [0.15, 0.2) is 0 Å². The molecule has 0 amide bonds. The summed E-state index contributed by atoms with van der Waals surface area (Å²) < 4.78 is 0. The van der Waals surface area contributed by atoms with Crippen molar-refractivity contribution < 1.29 is 4.79 Å². The topological polar surface area (TPSA) is 17.1 Å². The Morgan fingerprint density at radius 3 is 1.41 bits per heavy atom. The highest BCUT2D eigenvalue weighted by atomic mass is 16.1. The normalized spacial score (nSPS) is 27.8. The van der Waals surface area contributed by atoms with Crippen molar-refractivity contribution in [3.8, 4) is 11.1 Å². The number of aldehydes is 1. The first kappa shape index (κ1) is 20.1. The van der Waals surface area contributed by atoms with Crippen molar-refractivity contribution in [2.24, 2.45) is 11.8 Å². The lowest BCUT2D eigenvalue weighted by atomic mass is 9.78. The van der Waals surface area contributed by atoms with Crippen molar-refractivity contribution in [2.45, 2.75) is 70.1 Å². The molecule has 0 spiro atoms. The van der Waals surface area contributed by atoms with E-state index in [1.54, 1.807) is 0 Å². The number of hydrogen-bond acceptors (Lipinski definition) is 1. The van der Waals surface area contributed by atoms with Gasteiger partial charge in [0.25, 0.3) is 0 Å². The predicted octanol–water partition coefficient (Wildman–Crippen LogP) is 7.68. The molecule has 2 aliphatic carbocycles. The Kier molecular flexibility index (Phi) is 6.64. The molecule has 0 aromatic heterocycles. The van der Waals surface area contributed by atoms with Crippen molar-refractivity contribution in [1.82, 2.24) is 0 Å². The molecule has 2 saturated carbocycles. The van der Waals surface area contributed by atoms with E-state index in [9.17, 15) is 4.79 Å². The van der Waals surface area contributed by atoms with Crippen LogP contribution >= 0.6 is 0 Å². The first-order chi connectivity index (χ1) is 14.3. The number of carbonyl (C=O) groups is 1. The Balaban J connectivity index is 1.37. The lowest BCUT2D eigenvalue weighted by molar-refractivity contribution is -0.111. The molecule has 0 aliphatic heterocycles. The van der Waals surface area contributed by atoms with E-state index >= 15 is 0 Å². The second-order valence-electron chi connectivity index (χ2n) is 9.13. The van der Waals surface area contributed by atoms with Crippen LogP contribution in [0.15, 0.2) is 60.7 Å². The molecule has 0 radical (unpaired) electrons. The van der Waals surface area contributed by atoms with E-state index in [1.807, 2.05) is 0 Å². The molecule has 0 heterocycles. The van der Waals surface area contributed by atoms with Crippen LogP contribution in [0.5, 0.6) is 0 Å². The fourth-order valence-electron chi connectivity index (χ4n) is 5.40. The number of carbonyl (C=O) groups excluding carboxylic acids is 1. The Morgan fingerprint density at radius 1 is 0.621 bits per heavy atom. The van der Waals surface area contributed by atoms with Gasteiger partial charge in [0.2, 0.25) is 0 Å². The van der Waals surface area contributed by atoms with E-state index in [0.29, 0.717) is 11.8 Å². The molecule has 0 atom stereocenters. The third kappa shape index (κ3) is 4.89. The standard InChI is InChI=1S/C28H34O/c1-2-3-21-4-8-23(9-5-21)25-12-16-27(17-13-25)28-18-14-26(15-19-28)24-10-6-22(20-29)7-11-24/h2-3,12-24H,4-11H2,1H3/b3-2-/t21-,22?,23-,24?. The quantitative estimate of drug-likeness (QED) is 0.380. The van der Waals surface area contributed by atoms with Gasteiger partial charge in [-0.3, -0.25) is 0 Å². The zero-order valence-electron chi connectivity index (χ0n) is 17.7. The minimum atomic E-state index is 0.294. The average molecular weight is 387 g/mol. The van der Waals surface area contributed by atoms with Gasteiger partial charge in [-0.05, 0) is 98.3 Å². The van der Waals surface area contributed by atoms with Crippen molar-refractivity contribution in [1.29, 1.82) is 0 Å². The largest absolute Gasteiger partial charge is 0.303 e. The van der Waals surface area contributed by atoms with E-state index in [4.69, 9.17) is 0 Å². The fraction of sp³-hybridized carbons (Fsp3) is 0.464. The van der Waals surface area contributed by atoms with Crippen molar-refractivity contribution in [2.75, 3.05) is 0 Å². The summed E-state index contributed by atoms with van der Waals surface area (Å²) in [5.41, 5.74) is 5.56. The predicted molar refractivity (Wildman–Crippen MR) is 122 cm³/mol. The number of allylic oxidation sites excluding steroid dienone is 2. The van der Waals surface area contributed by atoms with Crippen LogP contribution in [0.2, 0.25) is 0 Å². The third-order valence-electron chi connectivity index (χ3n) is 7.30. The highest BCUT2D eigenvalue weighted by molar-refractivity contribution is 5.64. The summed E-state index contributed by atoms with van der Waals surface area (Å²) in [5, 5.41) is 0. The van der Waals surface area contributed by atoms with E-state index in [-0.39, 0.29) is 0 Å². The lowest BCUT2D eigenvalue weighted by Gasteiger charge is -2.27. The molecular formula is C28H34O. The lowest BCUT2D eigenvalue weighted by Crippen LogP contribution is -2.14. The van der Waals surface area contributed by atoms with Gasteiger partial charge in [-0.1, -0.05) is 60.7 Å². The maximum atomic E-state index is 11.0. The second-order valence-corrected chi connectivity index (χ2v) is 9.13. The maximum Gasteiger partial charge on any atom is 0.123 e. The molecule has 2 aliphatic rings. The van der Waals surface area contributed by atoms with Crippen LogP contribution in [0.1, 0.15) is 81.3 Å². The van der Waals surface area contributed by atoms with E-state index < -0.39 is 0 Å². The maximum absolute atomic E-state index is 11.0. The molecule has 0 bridgehead atoms. The highest BCUT2D eigenvalue weighted by Crippen LogP contribution is 2.38. The van der Waals surface area contributed by atoms with Gasteiger partial charge in [0.05, 0.1) is 0 Å². The monoisotopic (exact) mass is 386 g/mol. The van der Waals surface area contributed by atoms with Crippen LogP contribution in [-0.4, -0.2) is 6.29 Å². The van der Waals surface area contributed by atoms with Gasteiger partial charge >= 0.3 is 0 Å². The van der Waals surface area contributed by atoms with Crippen molar-refractivity contribution in [3.05, 3.63) is 71.8 Å². The molecular weight excluding hydrogens is 352 g/mol. The summed E-state index contributed by atoms with van der Waals surface area (Å²) in [5.74, 6) is 2.44. The first-order valence-corrected chi connectivity index (χ1v) is 11.5. The molecule has 0 saturated heterocycles. The van der Waals surface area contributed by atoms with Gasteiger partial charge in [-0.15, -0.1) is 0 Å². The Labute approximate surface area is 176 Å². The summed E-state index contributed by atoms with van der Waals surface area (Å²) in [4.78, 5) is 11.0. The number of hydrogen-bond donors (Lipinski definition) is 0. The Bertz CT molecular complexity index is 798. The van der Waals surface area contributed by atoms with Crippen LogP contribution in [0.25, 0.3) is 11.1 Å².